The topological polar surface area (TPSA) is 56.3 Å². The third kappa shape index (κ3) is 3.57. The Morgan fingerprint density at radius 3 is 3.00 bits per heavy atom. The lowest BCUT2D eigenvalue weighted by Crippen LogP contribution is -2.42. The first-order chi connectivity index (χ1) is 11.4. The fraction of sp³-hybridized carbons (Fsp3) is 0.778. The number of nitrogens with one attached hydrogen (secondary N) is 1. The molecule has 23 heavy (non-hydrogen) atoms. The average Bonchev–Trinajstić information content (AvgIpc) is 3.14. The van der Waals surface area contributed by atoms with Gasteiger partial charge in [-0.1, -0.05) is 12.8 Å². The van der Waals surface area contributed by atoms with Crippen LogP contribution in [0.5, 0.6) is 0 Å². The Hall–Kier alpha value is -1.04. The molecule has 3 heterocycles. The summed E-state index contributed by atoms with van der Waals surface area (Å²) >= 11 is 0. The normalized spacial score (nSPS) is 31.0. The standard InChI is InChI=1S/C18H27N3O2/c1-2-4-17(15(3-1)13-5-7-22-11-13)19-10-18-20-9-14-12-23-8-6-16(14)21-18/h9,13,15,17,19H,1-8,10-12H2. The molecule has 0 radical (unpaired) electrons. The van der Waals surface area contributed by atoms with Crippen molar-refractivity contribution in [3.8, 4) is 0 Å². The third-order valence-corrected chi connectivity index (χ3v) is 5.66. The Morgan fingerprint density at radius 2 is 2.09 bits per heavy atom. The highest BCUT2D eigenvalue weighted by Gasteiger charge is 2.33. The van der Waals surface area contributed by atoms with Gasteiger partial charge in [-0.15, -0.1) is 0 Å². The lowest BCUT2D eigenvalue weighted by molar-refractivity contribution is 0.108. The first-order valence-corrected chi connectivity index (χ1v) is 9.12. The molecule has 5 nitrogen and oxygen atoms in total. The molecule has 3 atom stereocenters. The zero-order valence-corrected chi connectivity index (χ0v) is 13.8. The fourth-order valence-corrected chi connectivity index (χ4v) is 4.35. The summed E-state index contributed by atoms with van der Waals surface area (Å²) in [4.78, 5) is 9.26. The van der Waals surface area contributed by atoms with Crippen LogP contribution >= 0.6 is 0 Å². The molecule has 2 fully saturated rings. The van der Waals surface area contributed by atoms with Crippen molar-refractivity contribution in [3.63, 3.8) is 0 Å². The smallest absolute Gasteiger partial charge is 0.142 e. The Balaban J connectivity index is 1.38. The lowest BCUT2D eigenvalue weighted by Gasteiger charge is -2.35. The predicted molar refractivity (Wildman–Crippen MR) is 86.9 cm³/mol. The van der Waals surface area contributed by atoms with Crippen LogP contribution in [-0.4, -0.2) is 35.8 Å². The van der Waals surface area contributed by atoms with E-state index in [0.717, 1.165) is 56.0 Å². The Morgan fingerprint density at radius 1 is 1.13 bits per heavy atom. The molecule has 3 unspecified atom stereocenters. The maximum Gasteiger partial charge on any atom is 0.142 e. The van der Waals surface area contributed by atoms with E-state index < -0.39 is 0 Å². The van der Waals surface area contributed by atoms with Crippen LogP contribution in [0.25, 0.3) is 0 Å². The van der Waals surface area contributed by atoms with Gasteiger partial charge in [0, 0.05) is 37.4 Å². The van der Waals surface area contributed by atoms with Crippen molar-refractivity contribution < 1.29 is 9.47 Å². The van der Waals surface area contributed by atoms with Crippen molar-refractivity contribution in [1.29, 1.82) is 0 Å². The highest BCUT2D eigenvalue weighted by molar-refractivity contribution is 5.18. The molecule has 1 N–H and O–H groups in total. The first kappa shape index (κ1) is 15.5. The van der Waals surface area contributed by atoms with E-state index in [0.29, 0.717) is 12.6 Å². The van der Waals surface area contributed by atoms with E-state index in [2.05, 4.69) is 10.3 Å². The molecule has 1 aliphatic carbocycles. The molecule has 0 aromatic carbocycles. The number of hydrogen-bond acceptors (Lipinski definition) is 5. The Labute approximate surface area is 138 Å². The van der Waals surface area contributed by atoms with Crippen LogP contribution in [0.3, 0.4) is 0 Å². The minimum absolute atomic E-state index is 0.596. The predicted octanol–water partition coefficient (Wildman–Crippen LogP) is 2.23. The molecular weight excluding hydrogens is 290 g/mol. The summed E-state index contributed by atoms with van der Waals surface area (Å²) in [6, 6.07) is 0.596. The van der Waals surface area contributed by atoms with Crippen molar-refractivity contribution in [2.45, 2.75) is 57.7 Å². The maximum atomic E-state index is 5.62. The minimum atomic E-state index is 0.596. The second-order valence-electron chi connectivity index (χ2n) is 7.12. The van der Waals surface area contributed by atoms with Crippen LogP contribution in [-0.2, 0) is 29.0 Å². The largest absolute Gasteiger partial charge is 0.381 e. The second-order valence-corrected chi connectivity index (χ2v) is 7.12. The maximum absolute atomic E-state index is 5.62. The molecule has 1 aromatic heterocycles. The summed E-state index contributed by atoms with van der Waals surface area (Å²) in [6.07, 6.45) is 9.42. The van der Waals surface area contributed by atoms with Gasteiger partial charge in [0.15, 0.2) is 0 Å². The van der Waals surface area contributed by atoms with Gasteiger partial charge < -0.3 is 14.8 Å². The first-order valence-electron chi connectivity index (χ1n) is 9.12. The lowest BCUT2D eigenvalue weighted by atomic mass is 9.76. The van der Waals surface area contributed by atoms with E-state index in [1.165, 1.54) is 37.8 Å². The number of aromatic nitrogens is 2. The summed E-state index contributed by atoms with van der Waals surface area (Å²) in [5.41, 5.74) is 2.33. The highest BCUT2D eigenvalue weighted by Crippen LogP contribution is 2.34. The molecule has 126 valence electrons. The molecule has 2 aliphatic heterocycles. The van der Waals surface area contributed by atoms with Gasteiger partial charge in [0.2, 0.25) is 0 Å². The van der Waals surface area contributed by atoms with E-state index in [9.17, 15) is 0 Å². The summed E-state index contributed by atoms with van der Waals surface area (Å²) in [5, 5.41) is 3.76. The molecule has 4 rings (SSSR count). The average molecular weight is 317 g/mol. The van der Waals surface area contributed by atoms with Gasteiger partial charge in [-0.2, -0.15) is 0 Å². The van der Waals surface area contributed by atoms with Gasteiger partial charge in [0.1, 0.15) is 5.82 Å². The van der Waals surface area contributed by atoms with E-state index in [-0.39, 0.29) is 0 Å². The van der Waals surface area contributed by atoms with Gasteiger partial charge in [-0.25, -0.2) is 9.97 Å². The Bertz CT molecular complexity index is 531. The van der Waals surface area contributed by atoms with Crippen molar-refractivity contribution in [3.05, 3.63) is 23.3 Å². The quantitative estimate of drug-likeness (QED) is 0.923. The summed E-state index contributed by atoms with van der Waals surface area (Å²) in [7, 11) is 0. The fourth-order valence-electron chi connectivity index (χ4n) is 4.35. The molecule has 0 spiro atoms. The number of rotatable bonds is 4. The summed E-state index contributed by atoms with van der Waals surface area (Å²) in [5.74, 6) is 2.43. The minimum Gasteiger partial charge on any atom is -0.381 e. The van der Waals surface area contributed by atoms with Gasteiger partial charge in [-0.05, 0) is 31.1 Å². The van der Waals surface area contributed by atoms with Crippen molar-refractivity contribution in [2.24, 2.45) is 11.8 Å². The molecule has 1 saturated heterocycles. The number of fused-ring (bicyclic) bond motifs is 1. The van der Waals surface area contributed by atoms with E-state index in [4.69, 9.17) is 14.5 Å². The van der Waals surface area contributed by atoms with Gasteiger partial charge in [0.25, 0.3) is 0 Å². The number of ether oxygens (including phenoxy) is 2. The second kappa shape index (κ2) is 7.24. The van der Waals surface area contributed by atoms with Crippen LogP contribution in [0.4, 0.5) is 0 Å². The highest BCUT2D eigenvalue weighted by atomic mass is 16.5. The van der Waals surface area contributed by atoms with Crippen LogP contribution < -0.4 is 5.32 Å². The number of hydrogen-bond donors (Lipinski definition) is 1. The Kier molecular flexibility index (Phi) is 4.88. The monoisotopic (exact) mass is 317 g/mol. The third-order valence-electron chi connectivity index (χ3n) is 5.66. The number of nitrogens with zero attached hydrogens (tertiary/aromatic N) is 2. The van der Waals surface area contributed by atoms with Crippen LogP contribution in [0.1, 0.15) is 49.2 Å². The molecule has 1 saturated carbocycles. The van der Waals surface area contributed by atoms with E-state index in [1.54, 1.807) is 0 Å². The summed E-state index contributed by atoms with van der Waals surface area (Å²) < 4.78 is 11.1. The molecule has 0 bridgehead atoms. The van der Waals surface area contributed by atoms with Crippen molar-refractivity contribution >= 4 is 0 Å². The molecule has 1 aromatic rings. The zero-order valence-electron chi connectivity index (χ0n) is 13.8. The van der Waals surface area contributed by atoms with Crippen LogP contribution in [0.15, 0.2) is 6.20 Å². The van der Waals surface area contributed by atoms with Gasteiger partial charge in [0.05, 0.1) is 25.5 Å². The van der Waals surface area contributed by atoms with E-state index in [1.807, 2.05) is 6.20 Å². The van der Waals surface area contributed by atoms with Gasteiger partial charge >= 0.3 is 0 Å². The van der Waals surface area contributed by atoms with Gasteiger partial charge in [-0.3, -0.25) is 0 Å². The summed E-state index contributed by atoms with van der Waals surface area (Å²) in [6.45, 7) is 4.13. The molecule has 3 aliphatic rings. The molecule has 0 amide bonds. The SMILES string of the molecule is c1nc(CNC2CCCCC2C2CCOC2)nc2c1COCC2. The van der Waals surface area contributed by atoms with Crippen molar-refractivity contribution in [1.82, 2.24) is 15.3 Å². The molecule has 5 heteroatoms. The van der Waals surface area contributed by atoms with Crippen molar-refractivity contribution in [2.75, 3.05) is 19.8 Å². The van der Waals surface area contributed by atoms with Crippen LogP contribution in [0.2, 0.25) is 0 Å². The van der Waals surface area contributed by atoms with E-state index >= 15 is 0 Å². The van der Waals surface area contributed by atoms with Crippen LogP contribution in [0, 0.1) is 11.8 Å². The molecular formula is C18H27N3O2. The zero-order chi connectivity index (χ0) is 15.5.